The number of aromatic nitrogens is 2. The SMILES string of the molecule is Cn1cc(C(=O)NC(CCOC(C)(C)C)C(=O)O)cn1. The van der Waals surface area contributed by atoms with E-state index in [1.807, 2.05) is 20.8 Å². The Labute approximate surface area is 117 Å². The third-order valence-corrected chi connectivity index (χ3v) is 2.51. The van der Waals surface area contributed by atoms with E-state index in [1.54, 1.807) is 7.05 Å². The van der Waals surface area contributed by atoms with E-state index in [0.717, 1.165) is 0 Å². The van der Waals surface area contributed by atoms with Crippen LogP contribution in [0, 0.1) is 0 Å². The Balaban J connectivity index is 2.55. The highest BCUT2D eigenvalue weighted by Gasteiger charge is 2.22. The van der Waals surface area contributed by atoms with Gasteiger partial charge in [-0.1, -0.05) is 0 Å². The maximum Gasteiger partial charge on any atom is 0.326 e. The molecule has 7 nitrogen and oxygen atoms in total. The predicted molar refractivity (Wildman–Crippen MR) is 72.4 cm³/mol. The Kier molecular flexibility index (Phi) is 5.26. The van der Waals surface area contributed by atoms with Crippen LogP contribution in [0.15, 0.2) is 12.4 Å². The number of nitrogens with zero attached hydrogens (tertiary/aromatic N) is 2. The fourth-order valence-corrected chi connectivity index (χ4v) is 1.52. The van der Waals surface area contributed by atoms with Gasteiger partial charge in [-0.05, 0) is 20.8 Å². The van der Waals surface area contributed by atoms with Gasteiger partial charge in [-0.25, -0.2) is 4.79 Å². The van der Waals surface area contributed by atoms with Crippen molar-refractivity contribution in [3.05, 3.63) is 18.0 Å². The topological polar surface area (TPSA) is 93.5 Å². The van der Waals surface area contributed by atoms with Gasteiger partial charge in [-0.2, -0.15) is 5.10 Å². The number of aryl methyl sites for hydroxylation is 1. The van der Waals surface area contributed by atoms with Crippen molar-refractivity contribution in [2.75, 3.05) is 6.61 Å². The van der Waals surface area contributed by atoms with Gasteiger partial charge in [0.15, 0.2) is 0 Å². The lowest BCUT2D eigenvalue weighted by atomic mass is 10.1. The lowest BCUT2D eigenvalue weighted by Gasteiger charge is -2.21. The Hall–Kier alpha value is -1.89. The molecule has 0 aliphatic carbocycles. The van der Waals surface area contributed by atoms with Crippen molar-refractivity contribution in [1.82, 2.24) is 15.1 Å². The van der Waals surface area contributed by atoms with E-state index in [1.165, 1.54) is 17.1 Å². The van der Waals surface area contributed by atoms with Crippen LogP contribution in [0.25, 0.3) is 0 Å². The van der Waals surface area contributed by atoms with Gasteiger partial charge in [-0.15, -0.1) is 0 Å². The Morgan fingerprint density at radius 1 is 1.50 bits per heavy atom. The number of carboxylic acid groups (broad SMARTS) is 1. The molecule has 0 aliphatic heterocycles. The quantitative estimate of drug-likeness (QED) is 0.805. The maximum absolute atomic E-state index is 11.9. The number of carbonyl (C=O) groups is 2. The molecule has 0 aromatic carbocycles. The lowest BCUT2D eigenvalue weighted by Crippen LogP contribution is -2.41. The third-order valence-electron chi connectivity index (χ3n) is 2.51. The molecule has 7 heteroatoms. The molecule has 1 unspecified atom stereocenters. The molecule has 1 rings (SSSR count). The van der Waals surface area contributed by atoms with E-state index < -0.39 is 17.9 Å². The van der Waals surface area contributed by atoms with Crippen molar-refractivity contribution in [3.8, 4) is 0 Å². The zero-order chi connectivity index (χ0) is 15.3. The van der Waals surface area contributed by atoms with Crippen LogP contribution in [0.4, 0.5) is 0 Å². The number of carbonyl (C=O) groups excluding carboxylic acids is 1. The summed E-state index contributed by atoms with van der Waals surface area (Å²) in [4.78, 5) is 23.0. The van der Waals surface area contributed by atoms with Gasteiger partial charge in [0.1, 0.15) is 6.04 Å². The highest BCUT2D eigenvalue weighted by Crippen LogP contribution is 2.08. The molecule has 0 aliphatic rings. The molecular weight excluding hydrogens is 262 g/mol. The first-order valence-electron chi connectivity index (χ1n) is 6.35. The first-order chi connectivity index (χ1) is 9.19. The second kappa shape index (κ2) is 6.51. The van der Waals surface area contributed by atoms with E-state index >= 15 is 0 Å². The summed E-state index contributed by atoms with van der Waals surface area (Å²) in [6.07, 6.45) is 3.12. The molecular formula is C13H21N3O4. The van der Waals surface area contributed by atoms with E-state index in [9.17, 15) is 9.59 Å². The molecule has 112 valence electrons. The first kappa shape index (κ1) is 16.2. The predicted octanol–water partition coefficient (Wildman–Crippen LogP) is 0.808. The number of carboxylic acids is 1. The van der Waals surface area contributed by atoms with E-state index in [-0.39, 0.29) is 18.6 Å². The highest BCUT2D eigenvalue weighted by molar-refractivity contribution is 5.96. The summed E-state index contributed by atoms with van der Waals surface area (Å²) in [5, 5.41) is 15.4. The Bertz CT molecular complexity index is 476. The van der Waals surface area contributed by atoms with Gasteiger partial charge < -0.3 is 15.2 Å². The van der Waals surface area contributed by atoms with Gasteiger partial charge in [-0.3, -0.25) is 9.48 Å². The summed E-state index contributed by atoms with van der Waals surface area (Å²) in [5.74, 6) is -1.54. The molecule has 1 atom stereocenters. The Morgan fingerprint density at radius 3 is 2.60 bits per heavy atom. The molecule has 0 saturated heterocycles. The van der Waals surface area contributed by atoms with Gasteiger partial charge in [0.2, 0.25) is 0 Å². The van der Waals surface area contributed by atoms with E-state index in [0.29, 0.717) is 5.56 Å². The summed E-state index contributed by atoms with van der Waals surface area (Å²) < 4.78 is 6.95. The van der Waals surface area contributed by atoms with Gasteiger partial charge in [0.25, 0.3) is 5.91 Å². The van der Waals surface area contributed by atoms with E-state index in [4.69, 9.17) is 9.84 Å². The fraction of sp³-hybridized carbons (Fsp3) is 0.615. The summed E-state index contributed by atoms with van der Waals surface area (Å²) in [7, 11) is 1.68. The minimum absolute atomic E-state index is 0.207. The molecule has 0 radical (unpaired) electrons. The van der Waals surface area contributed by atoms with Crippen molar-refractivity contribution in [2.24, 2.45) is 7.05 Å². The molecule has 2 N–H and O–H groups in total. The largest absolute Gasteiger partial charge is 0.480 e. The van der Waals surface area contributed by atoms with Crippen LogP contribution in [-0.2, 0) is 16.6 Å². The van der Waals surface area contributed by atoms with Gasteiger partial charge in [0, 0.05) is 26.3 Å². The third kappa shape index (κ3) is 5.40. The number of hydrogen-bond acceptors (Lipinski definition) is 4. The van der Waals surface area contributed by atoms with Crippen LogP contribution in [0.5, 0.6) is 0 Å². The molecule has 0 saturated carbocycles. The monoisotopic (exact) mass is 283 g/mol. The molecule has 1 aromatic heterocycles. The summed E-state index contributed by atoms with van der Waals surface area (Å²) in [6.45, 7) is 5.92. The smallest absolute Gasteiger partial charge is 0.326 e. The van der Waals surface area contributed by atoms with Crippen molar-refractivity contribution in [3.63, 3.8) is 0 Å². The number of rotatable bonds is 6. The lowest BCUT2D eigenvalue weighted by molar-refractivity contribution is -0.140. The molecule has 0 bridgehead atoms. The maximum atomic E-state index is 11.9. The normalized spacial score (nSPS) is 13.0. The summed E-state index contributed by atoms with van der Waals surface area (Å²) >= 11 is 0. The number of hydrogen-bond donors (Lipinski definition) is 2. The van der Waals surface area contributed by atoms with Crippen LogP contribution < -0.4 is 5.32 Å². The molecule has 1 amide bonds. The number of amides is 1. The summed E-state index contributed by atoms with van der Waals surface area (Å²) in [6, 6.07) is -0.981. The van der Waals surface area contributed by atoms with Gasteiger partial charge >= 0.3 is 5.97 Å². The molecule has 20 heavy (non-hydrogen) atoms. The minimum Gasteiger partial charge on any atom is -0.480 e. The number of ether oxygens (including phenoxy) is 1. The highest BCUT2D eigenvalue weighted by atomic mass is 16.5. The molecule has 0 fully saturated rings. The van der Waals surface area contributed by atoms with Crippen molar-refractivity contribution in [2.45, 2.75) is 38.8 Å². The van der Waals surface area contributed by atoms with Crippen LogP contribution in [0.2, 0.25) is 0 Å². The van der Waals surface area contributed by atoms with Crippen molar-refractivity contribution in [1.29, 1.82) is 0 Å². The average Bonchev–Trinajstić information content (AvgIpc) is 2.72. The zero-order valence-electron chi connectivity index (χ0n) is 12.2. The van der Waals surface area contributed by atoms with Crippen molar-refractivity contribution >= 4 is 11.9 Å². The van der Waals surface area contributed by atoms with Crippen LogP contribution in [0.3, 0.4) is 0 Å². The zero-order valence-corrected chi connectivity index (χ0v) is 12.2. The standard InChI is InChI=1S/C13H21N3O4/c1-13(2,3)20-6-5-10(12(18)19)15-11(17)9-7-14-16(4)8-9/h7-8,10H,5-6H2,1-4H3,(H,15,17)(H,18,19). The average molecular weight is 283 g/mol. The van der Waals surface area contributed by atoms with E-state index in [2.05, 4.69) is 10.4 Å². The van der Waals surface area contributed by atoms with Crippen LogP contribution in [0.1, 0.15) is 37.6 Å². The number of aliphatic carboxylic acids is 1. The molecule has 1 aromatic rings. The minimum atomic E-state index is -1.08. The second-order valence-corrected chi connectivity index (χ2v) is 5.52. The Morgan fingerprint density at radius 2 is 2.15 bits per heavy atom. The first-order valence-corrected chi connectivity index (χ1v) is 6.35. The fourth-order valence-electron chi connectivity index (χ4n) is 1.52. The second-order valence-electron chi connectivity index (χ2n) is 5.52. The molecule has 1 heterocycles. The van der Waals surface area contributed by atoms with Crippen LogP contribution in [-0.4, -0.2) is 45.0 Å². The molecule has 0 spiro atoms. The van der Waals surface area contributed by atoms with Gasteiger partial charge in [0.05, 0.1) is 17.4 Å². The number of nitrogens with one attached hydrogen (secondary N) is 1. The van der Waals surface area contributed by atoms with Crippen LogP contribution >= 0.6 is 0 Å². The summed E-state index contributed by atoms with van der Waals surface area (Å²) in [5.41, 5.74) is -0.00774. The van der Waals surface area contributed by atoms with Crippen molar-refractivity contribution < 1.29 is 19.4 Å².